The normalized spacial score (nSPS) is 11.1. The van der Waals surface area contributed by atoms with Gasteiger partial charge >= 0.3 is 5.97 Å². The van der Waals surface area contributed by atoms with E-state index in [4.69, 9.17) is 19.6 Å². The molecule has 0 saturated heterocycles. The Morgan fingerprint density at radius 3 is 2.30 bits per heavy atom. The Morgan fingerprint density at radius 2 is 1.74 bits per heavy atom. The van der Waals surface area contributed by atoms with E-state index in [1.54, 1.807) is 26.4 Å². The van der Waals surface area contributed by atoms with Gasteiger partial charge in [-0.05, 0) is 31.8 Å². The van der Waals surface area contributed by atoms with E-state index < -0.39 is 5.97 Å². The second-order valence-electron chi connectivity index (χ2n) is 6.55. The van der Waals surface area contributed by atoms with Crippen LogP contribution >= 0.6 is 0 Å². The summed E-state index contributed by atoms with van der Waals surface area (Å²) in [6, 6.07) is 10.7. The van der Waals surface area contributed by atoms with Crippen LogP contribution in [0.3, 0.4) is 0 Å². The van der Waals surface area contributed by atoms with Gasteiger partial charge in [-0.3, -0.25) is 0 Å². The Morgan fingerprint density at radius 1 is 1.11 bits per heavy atom. The predicted octanol–water partition coefficient (Wildman–Crippen LogP) is 2.86. The topological polar surface area (TPSA) is 76.8 Å². The van der Waals surface area contributed by atoms with Gasteiger partial charge in [0.15, 0.2) is 11.5 Å². The molecule has 0 aliphatic carbocycles. The molecule has 0 spiro atoms. The van der Waals surface area contributed by atoms with E-state index in [0.717, 1.165) is 22.4 Å². The van der Waals surface area contributed by atoms with Crippen LogP contribution in [0, 0.1) is 0 Å². The number of rotatable bonds is 7. The fourth-order valence-corrected chi connectivity index (χ4v) is 3.02. The van der Waals surface area contributed by atoms with Crippen LogP contribution in [0.5, 0.6) is 11.5 Å². The number of carboxylic acid groups (broad SMARTS) is 1. The number of carboxylic acids is 1. The average Bonchev–Trinajstić information content (AvgIpc) is 2.96. The van der Waals surface area contributed by atoms with Gasteiger partial charge in [0, 0.05) is 18.7 Å². The lowest BCUT2D eigenvalue weighted by molar-refractivity contribution is 0.0697. The van der Waals surface area contributed by atoms with Crippen LogP contribution in [0.15, 0.2) is 36.4 Å². The van der Waals surface area contributed by atoms with Crippen molar-refractivity contribution in [2.45, 2.75) is 13.1 Å². The highest BCUT2D eigenvalue weighted by molar-refractivity contribution is 5.87. The highest BCUT2D eigenvalue weighted by Crippen LogP contribution is 2.33. The molecule has 142 valence electrons. The SMILES string of the molecule is COc1cc2nc(CN(C)C)n(Cc3ccc(C(=O)O)cc3)c2cc1OC. The van der Waals surface area contributed by atoms with Gasteiger partial charge in [0.2, 0.25) is 0 Å². The first-order valence-electron chi connectivity index (χ1n) is 8.51. The minimum Gasteiger partial charge on any atom is -0.493 e. The average molecular weight is 369 g/mol. The van der Waals surface area contributed by atoms with Crippen molar-refractivity contribution in [1.29, 1.82) is 0 Å². The fourth-order valence-electron chi connectivity index (χ4n) is 3.02. The van der Waals surface area contributed by atoms with Crippen molar-refractivity contribution in [3.8, 4) is 11.5 Å². The molecule has 27 heavy (non-hydrogen) atoms. The summed E-state index contributed by atoms with van der Waals surface area (Å²) in [7, 11) is 7.19. The number of hydrogen-bond acceptors (Lipinski definition) is 5. The number of aromatic nitrogens is 2. The number of benzene rings is 2. The Labute approximate surface area is 157 Å². The van der Waals surface area contributed by atoms with Gasteiger partial charge in [0.1, 0.15) is 5.82 Å². The zero-order chi connectivity index (χ0) is 19.6. The molecule has 0 saturated carbocycles. The summed E-state index contributed by atoms with van der Waals surface area (Å²) in [5.74, 6) is 1.26. The molecule has 2 aromatic carbocycles. The lowest BCUT2D eigenvalue weighted by Gasteiger charge is -2.14. The number of nitrogens with zero attached hydrogens (tertiary/aromatic N) is 3. The Kier molecular flexibility index (Phi) is 5.32. The maximum atomic E-state index is 11.1. The molecule has 0 radical (unpaired) electrons. The van der Waals surface area contributed by atoms with E-state index in [9.17, 15) is 4.79 Å². The molecule has 7 nitrogen and oxygen atoms in total. The van der Waals surface area contributed by atoms with Crippen LogP contribution in [0.2, 0.25) is 0 Å². The molecule has 3 aromatic rings. The monoisotopic (exact) mass is 369 g/mol. The van der Waals surface area contributed by atoms with Gasteiger partial charge in [-0.25, -0.2) is 9.78 Å². The van der Waals surface area contributed by atoms with E-state index in [-0.39, 0.29) is 5.56 Å². The third kappa shape index (κ3) is 3.88. The smallest absolute Gasteiger partial charge is 0.335 e. The number of hydrogen-bond donors (Lipinski definition) is 1. The fraction of sp³-hybridized carbons (Fsp3) is 0.300. The van der Waals surface area contributed by atoms with E-state index in [2.05, 4.69) is 9.47 Å². The summed E-state index contributed by atoms with van der Waals surface area (Å²) < 4.78 is 12.9. The van der Waals surface area contributed by atoms with Crippen LogP contribution in [0.25, 0.3) is 11.0 Å². The van der Waals surface area contributed by atoms with Gasteiger partial charge in [-0.1, -0.05) is 12.1 Å². The van der Waals surface area contributed by atoms with Crippen molar-refractivity contribution in [3.63, 3.8) is 0 Å². The first-order valence-corrected chi connectivity index (χ1v) is 8.51. The molecular formula is C20H23N3O4. The van der Waals surface area contributed by atoms with Crippen LogP contribution in [-0.2, 0) is 13.1 Å². The molecule has 1 aromatic heterocycles. The molecule has 0 aliphatic rings. The molecular weight excluding hydrogens is 346 g/mol. The van der Waals surface area contributed by atoms with Gasteiger partial charge < -0.3 is 24.0 Å². The van der Waals surface area contributed by atoms with Crippen molar-refractivity contribution in [3.05, 3.63) is 53.3 Å². The van der Waals surface area contributed by atoms with Crippen molar-refractivity contribution in [1.82, 2.24) is 14.5 Å². The van der Waals surface area contributed by atoms with Crippen LogP contribution in [0.1, 0.15) is 21.7 Å². The number of aromatic carboxylic acids is 1. The van der Waals surface area contributed by atoms with E-state index in [1.807, 2.05) is 38.4 Å². The van der Waals surface area contributed by atoms with Crippen molar-refractivity contribution in [2.75, 3.05) is 28.3 Å². The number of imidazole rings is 1. The maximum Gasteiger partial charge on any atom is 0.335 e. The number of ether oxygens (including phenoxy) is 2. The Hall–Kier alpha value is -3.06. The Balaban J connectivity index is 2.08. The molecule has 0 fully saturated rings. The summed E-state index contributed by atoms with van der Waals surface area (Å²) in [4.78, 5) is 17.9. The van der Waals surface area contributed by atoms with Crippen LogP contribution in [0.4, 0.5) is 0 Å². The molecule has 3 rings (SSSR count). The molecule has 0 amide bonds. The maximum absolute atomic E-state index is 11.1. The lowest BCUT2D eigenvalue weighted by Crippen LogP contribution is -2.16. The minimum absolute atomic E-state index is 0.272. The minimum atomic E-state index is -0.931. The van der Waals surface area contributed by atoms with E-state index in [0.29, 0.717) is 24.6 Å². The van der Waals surface area contributed by atoms with Gasteiger partial charge in [-0.15, -0.1) is 0 Å². The zero-order valence-electron chi connectivity index (χ0n) is 15.9. The number of methoxy groups -OCH3 is 2. The molecule has 1 N–H and O–H groups in total. The summed E-state index contributed by atoms with van der Waals surface area (Å²) in [6.45, 7) is 1.25. The first-order chi connectivity index (χ1) is 12.9. The largest absolute Gasteiger partial charge is 0.493 e. The molecule has 0 unspecified atom stereocenters. The van der Waals surface area contributed by atoms with Crippen LogP contribution < -0.4 is 9.47 Å². The van der Waals surface area contributed by atoms with Gasteiger partial charge in [0.05, 0.1) is 37.4 Å². The molecule has 7 heteroatoms. The lowest BCUT2D eigenvalue weighted by atomic mass is 10.1. The second-order valence-corrected chi connectivity index (χ2v) is 6.55. The number of carbonyl (C=O) groups is 1. The molecule has 0 aliphatic heterocycles. The molecule has 0 atom stereocenters. The second kappa shape index (κ2) is 7.67. The molecule has 0 bridgehead atoms. The van der Waals surface area contributed by atoms with Gasteiger partial charge in [0.25, 0.3) is 0 Å². The third-order valence-corrected chi connectivity index (χ3v) is 4.33. The predicted molar refractivity (Wildman–Crippen MR) is 103 cm³/mol. The summed E-state index contributed by atoms with van der Waals surface area (Å²) in [5, 5.41) is 9.08. The zero-order valence-corrected chi connectivity index (χ0v) is 15.9. The van der Waals surface area contributed by atoms with Crippen molar-refractivity contribution in [2.24, 2.45) is 0 Å². The summed E-state index contributed by atoms with van der Waals surface area (Å²) >= 11 is 0. The highest BCUT2D eigenvalue weighted by Gasteiger charge is 2.16. The number of fused-ring (bicyclic) bond motifs is 1. The van der Waals surface area contributed by atoms with E-state index >= 15 is 0 Å². The van der Waals surface area contributed by atoms with Gasteiger partial charge in [-0.2, -0.15) is 0 Å². The molecule has 1 heterocycles. The summed E-state index contributed by atoms with van der Waals surface area (Å²) in [6.07, 6.45) is 0. The third-order valence-electron chi connectivity index (χ3n) is 4.33. The standard InChI is InChI=1S/C20H23N3O4/c1-22(2)12-19-21-15-9-17(26-3)18(27-4)10-16(15)23(19)11-13-5-7-14(8-6-13)20(24)25/h5-10H,11-12H2,1-4H3,(H,24,25). The first kappa shape index (κ1) is 18.7. The summed E-state index contributed by atoms with van der Waals surface area (Å²) in [5.41, 5.74) is 3.03. The van der Waals surface area contributed by atoms with E-state index in [1.165, 1.54) is 0 Å². The Bertz CT molecular complexity index is 962. The van der Waals surface area contributed by atoms with Crippen molar-refractivity contribution >= 4 is 17.0 Å². The highest BCUT2D eigenvalue weighted by atomic mass is 16.5. The van der Waals surface area contributed by atoms with Crippen molar-refractivity contribution < 1.29 is 19.4 Å². The quantitative estimate of drug-likeness (QED) is 0.690. The van der Waals surface area contributed by atoms with Crippen LogP contribution in [-0.4, -0.2) is 53.8 Å².